The van der Waals surface area contributed by atoms with E-state index in [1.54, 1.807) is 0 Å². The second-order valence-corrected chi connectivity index (χ2v) is 5.44. The summed E-state index contributed by atoms with van der Waals surface area (Å²) in [7, 11) is 0. The van der Waals surface area contributed by atoms with Crippen molar-refractivity contribution in [3.63, 3.8) is 0 Å². The van der Waals surface area contributed by atoms with Crippen molar-refractivity contribution < 1.29 is 4.74 Å². The summed E-state index contributed by atoms with van der Waals surface area (Å²) >= 11 is 0. The van der Waals surface area contributed by atoms with E-state index in [9.17, 15) is 0 Å². The van der Waals surface area contributed by atoms with Gasteiger partial charge in [-0.05, 0) is 31.8 Å². The molecule has 0 amide bonds. The van der Waals surface area contributed by atoms with Crippen molar-refractivity contribution in [2.75, 3.05) is 26.2 Å². The summed E-state index contributed by atoms with van der Waals surface area (Å²) in [6, 6.07) is 0. The third-order valence-corrected chi connectivity index (χ3v) is 3.19. The zero-order valence-electron chi connectivity index (χ0n) is 9.31. The van der Waals surface area contributed by atoms with Crippen LogP contribution in [-0.2, 0) is 4.74 Å². The van der Waals surface area contributed by atoms with E-state index in [1.165, 1.54) is 25.9 Å². The standard InChI is InChI=1S/C11H22N2O/c1-11(2)7-13-10(14-8-11)5-9-3-4-12-6-9/h9-10,12-13H,3-8H2,1-2H3. The van der Waals surface area contributed by atoms with Gasteiger partial charge in [0.1, 0.15) is 6.23 Å². The van der Waals surface area contributed by atoms with Crippen molar-refractivity contribution in [1.82, 2.24) is 10.6 Å². The summed E-state index contributed by atoms with van der Waals surface area (Å²) in [5.74, 6) is 0.814. The van der Waals surface area contributed by atoms with Gasteiger partial charge in [0.15, 0.2) is 0 Å². The molecular weight excluding hydrogens is 176 g/mol. The van der Waals surface area contributed by atoms with Crippen LogP contribution in [0.2, 0.25) is 0 Å². The Kier molecular flexibility index (Phi) is 3.10. The molecule has 0 aromatic carbocycles. The zero-order valence-corrected chi connectivity index (χ0v) is 9.31. The van der Waals surface area contributed by atoms with Crippen molar-refractivity contribution in [2.45, 2.75) is 32.9 Å². The molecular formula is C11H22N2O. The molecule has 2 aliphatic rings. The van der Waals surface area contributed by atoms with E-state index >= 15 is 0 Å². The molecule has 2 rings (SSSR count). The quantitative estimate of drug-likeness (QED) is 0.693. The van der Waals surface area contributed by atoms with Crippen LogP contribution in [0.1, 0.15) is 26.7 Å². The molecule has 2 fully saturated rings. The van der Waals surface area contributed by atoms with Crippen molar-refractivity contribution in [3.05, 3.63) is 0 Å². The van der Waals surface area contributed by atoms with E-state index in [4.69, 9.17) is 4.74 Å². The molecule has 0 aromatic rings. The molecule has 3 nitrogen and oxygen atoms in total. The number of hydrogen-bond donors (Lipinski definition) is 2. The predicted molar refractivity (Wildman–Crippen MR) is 57.1 cm³/mol. The van der Waals surface area contributed by atoms with Crippen molar-refractivity contribution >= 4 is 0 Å². The lowest BCUT2D eigenvalue weighted by atomic mass is 9.92. The van der Waals surface area contributed by atoms with Crippen LogP contribution in [-0.4, -0.2) is 32.5 Å². The Balaban J connectivity index is 1.72. The van der Waals surface area contributed by atoms with E-state index in [1.807, 2.05) is 0 Å². The zero-order chi connectivity index (χ0) is 10.0. The molecule has 3 heteroatoms. The van der Waals surface area contributed by atoms with Gasteiger partial charge in [0.2, 0.25) is 0 Å². The van der Waals surface area contributed by atoms with Crippen molar-refractivity contribution in [3.8, 4) is 0 Å². The first-order valence-electron chi connectivity index (χ1n) is 5.71. The highest BCUT2D eigenvalue weighted by atomic mass is 16.5. The first kappa shape index (κ1) is 10.4. The van der Waals surface area contributed by atoms with Gasteiger partial charge in [0.25, 0.3) is 0 Å². The van der Waals surface area contributed by atoms with E-state index in [-0.39, 0.29) is 0 Å². The molecule has 14 heavy (non-hydrogen) atoms. The summed E-state index contributed by atoms with van der Waals surface area (Å²) in [6.07, 6.45) is 2.78. The third kappa shape index (κ3) is 2.69. The summed E-state index contributed by atoms with van der Waals surface area (Å²) < 4.78 is 5.82. The lowest BCUT2D eigenvalue weighted by Crippen LogP contribution is -2.48. The first-order chi connectivity index (χ1) is 6.66. The SMILES string of the molecule is CC1(C)CNC(CC2CCNC2)OC1. The molecule has 2 atom stereocenters. The minimum atomic E-state index is 0.299. The highest BCUT2D eigenvalue weighted by Gasteiger charge is 2.29. The van der Waals surface area contributed by atoms with Gasteiger partial charge in [-0.15, -0.1) is 0 Å². The fraction of sp³-hybridized carbons (Fsp3) is 1.00. The Bertz CT molecular complexity index is 178. The number of ether oxygens (including phenoxy) is 1. The van der Waals surface area contributed by atoms with Gasteiger partial charge in [-0.3, -0.25) is 5.32 Å². The van der Waals surface area contributed by atoms with Gasteiger partial charge < -0.3 is 10.1 Å². The summed E-state index contributed by atoms with van der Waals surface area (Å²) in [6.45, 7) is 8.82. The molecule has 82 valence electrons. The normalized spacial score (nSPS) is 37.3. The predicted octanol–water partition coefficient (Wildman–Crippen LogP) is 0.958. The molecule has 0 aliphatic carbocycles. The Morgan fingerprint density at radius 2 is 2.29 bits per heavy atom. The van der Waals surface area contributed by atoms with Crippen molar-refractivity contribution in [1.29, 1.82) is 0 Å². The van der Waals surface area contributed by atoms with Crippen LogP contribution in [0.4, 0.5) is 0 Å². The molecule has 0 radical (unpaired) electrons. The third-order valence-electron chi connectivity index (χ3n) is 3.19. The fourth-order valence-corrected chi connectivity index (χ4v) is 2.20. The molecule has 0 aromatic heterocycles. The van der Waals surface area contributed by atoms with Gasteiger partial charge >= 0.3 is 0 Å². The lowest BCUT2D eigenvalue weighted by Gasteiger charge is -2.36. The van der Waals surface area contributed by atoms with E-state index in [0.29, 0.717) is 11.6 Å². The summed E-state index contributed by atoms with van der Waals surface area (Å²) in [4.78, 5) is 0. The minimum absolute atomic E-state index is 0.299. The van der Waals surface area contributed by atoms with Crippen LogP contribution < -0.4 is 10.6 Å². The average Bonchev–Trinajstić information content (AvgIpc) is 2.61. The summed E-state index contributed by atoms with van der Waals surface area (Å²) in [5.41, 5.74) is 0.310. The van der Waals surface area contributed by atoms with Gasteiger partial charge in [-0.1, -0.05) is 13.8 Å². The number of nitrogens with one attached hydrogen (secondary N) is 2. The summed E-state index contributed by atoms with van der Waals surface area (Å²) in [5, 5.41) is 6.88. The smallest absolute Gasteiger partial charge is 0.108 e. The van der Waals surface area contributed by atoms with Crippen LogP contribution in [0.3, 0.4) is 0 Å². The maximum Gasteiger partial charge on any atom is 0.108 e. The molecule has 2 unspecified atom stereocenters. The lowest BCUT2D eigenvalue weighted by molar-refractivity contribution is -0.0663. The second kappa shape index (κ2) is 4.17. The Morgan fingerprint density at radius 1 is 1.43 bits per heavy atom. The van der Waals surface area contributed by atoms with E-state index in [0.717, 1.165) is 19.1 Å². The van der Waals surface area contributed by atoms with Crippen LogP contribution in [0.5, 0.6) is 0 Å². The van der Waals surface area contributed by atoms with E-state index < -0.39 is 0 Å². The molecule has 0 bridgehead atoms. The maximum absolute atomic E-state index is 5.82. The van der Waals surface area contributed by atoms with Gasteiger partial charge in [-0.25, -0.2) is 0 Å². The number of rotatable bonds is 2. The van der Waals surface area contributed by atoms with Gasteiger partial charge in [-0.2, -0.15) is 0 Å². The molecule has 0 saturated carbocycles. The van der Waals surface area contributed by atoms with Crippen LogP contribution in [0.25, 0.3) is 0 Å². The minimum Gasteiger partial charge on any atom is -0.363 e. The highest BCUT2D eigenvalue weighted by molar-refractivity contribution is 4.80. The van der Waals surface area contributed by atoms with E-state index in [2.05, 4.69) is 24.5 Å². The molecule has 2 N–H and O–H groups in total. The Hall–Kier alpha value is -0.120. The average molecular weight is 198 g/mol. The van der Waals surface area contributed by atoms with Crippen molar-refractivity contribution in [2.24, 2.45) is 11.3 Å². The Morgan fingerprint density at radius 3 is 2.86 bits per heavy atom. The molecule has 2 heterocycles. The monoisotopic (exact) mass is 198 g/mol. The van der Waals surface area contributed by atoms with Gasteiger partial charge in [0.05, 0.1) is 6.61 Å². The van der Waals surface area contributed by atoms with Crippen LogP contribution in [0, 0.1) is 11.3 Å². The second-order valence-electron chi connectivity index (χ2n) is 5.44. The van der Waals surface area contributed by atoms with Gasteiger partial charge in [0, 0.05) is 12.0 Å². The topological polar surface area (TPSA) is 33.3 Å². The largest absolute Gasteiger partial charge is 0.363 e. The molecule has 2 aliphatic heterocycles. The molecule has 2 saturated heterocycles. The maximum atomic E-state index is 5.82. The number of hydrogen-bond acceptors (Lipinski definition) is 3. The Labute approximate surface area is 86.6 Å². The first-order valence-corrected chi connectivity index (χ1v) is 5.71. The highest BCUT2D eigenvalue weighted by Crippen LogP contribution is 2.23. The van der Waals surface area contributed by atoms with Crippen LogP contribution >= 0.6 is 0 Å². The molecule has 0 spiro atoms. The fourth-order valence-electron chi connectivity index (χ4n) is 2.20. The van der Waals surface area contributed by atoms with Crippen LogP contribution in [0.15, 0.2) is 0 Å².